The summed E-state index contributed by atoms with van der Waals surface area (Å²) < 4.78 is 5.19. The van der Waals surface area contributed by atoms with Crippen LogP contribution in [-0.2, 0) is 6.42 Å². The Morgan fingerprint density at radius 2 is 2.21 bits per heavy atom. The molecule has 2 N–H and O–H groups in total. The molecule has 0 amide bonds. The second-order valence-corrected chi connectivity index (χ2v) is 4.60. The van der Waals surface area contributed by atoms with Crippen LogP contribution in [0, 0.1) is 0 Å². The van der Waals surface area contributed by atoms with Gasteiger partial charge in [-0.3, -0.25) is 4.98 Å². The number of nitrogens with two attached hydrogens (primary N) is 1. The van der Waals surface area contributed by atoms with Gasteiger partial charge >= 0.3 is 0 Å². The van der Waals surface area contributed by atoms with Gasteiger partial charge in [-0.1, -0.05) is 11.2 Å². The minimum Gasteiger partial charge on any atom is -0.339 e. The molecule has 0 fully saturated rings. The number of pyridine rings is 1. The van der Waals surface area contributed by atoms with Crippen LogP contribution in [-0.4, -0.2) is 21.2 Å². The molecule has 2 aromatic heterocycles. The second-order valence-electron chi connectivity index (χ2n) is 4.60. The zero-order valence-corrected chi connectivity index (χ0v) is 10.6. The number of hydrogen-bond donors (Lipinski definition) is 1. The highest BCUT2D eigenvalue weighted by Crippen LogP contribution is 2.21. The Bertz CT molecular complexity index is 705. The van der Waals surface area contributed by atoms with Gasteiger partial charge in [0, 0.05) is 29.6 Å². The third-order valence-electron chi connectivity index (χ3n) is 2.83. The van der Waals surface area contributed by atoms with Gasteiger partial charge < -0.3 is 10.3 Å². The maximum atomic E-state index is 5.71. The number of fused-ring (bicyclic) bond motifs is 1. The van der Waals surface area contributed by atoms with Crippen molar-refractivity contribution in [2.45, 2.75) is 19.4 Å². The standard InChI is InChI=1S/C14H14N4O/c1-9(15)7-13-17-14(18-19-13)11-4-5-12-10(8-11)3-2-6-16-12/h2-6,8-9H,7,15H2,1H3. The van der Waals surface area contributed by atoms with E-state index < -0.39 is 0 Å². The molecule has 0 radical (unpaired) electrons. The van der Waals surface area contributed by atoms with E-state index in [4.69, 9.17) is 10.3 Å². The van der Waals surface area contributed by atoms with E-state index in [9.17, 15) is 0 Å². The summed E-state index contributed by atoms with van der Waals surface area (Å²) in [7, 11) is 0. The smallest absolute Gasteiger partial charge is 0.228 e. The summed E-state index contributed by atoms with van der Waals surface area (Å²) in [5.74, 6) is 1.15. The number of rotatable bonds is 3. The molecule has 3 aromatic rings. The van der Waals surface area contributed by atoms with Crippen LogP contribution in [0.1, 0.15) is 12.8 Å². The van der Waals surface area contributed by atoms with Crippen molar-refractivity contribution in [2.24, 2.45) is 5.73 Å². The highest BCUT2D eigenvalue weighted by atomic mass is 16.5. The van der Waals surface area contributed by atoms with Crippen molar-refractivity contribution in [3.8, 4) is 11.4 Å². The Morgan fingerprint density at radius 1 is 1.32 bits per heavy atom. The van der Waals surface area contributed by atoms with Crippen molar-refractivity contribution in [1.29, 1.82) is 0 Å². The van der Waals surface area contributed by atoms with E-state index in [1.54, 1.807) is 6.20 Å². The Kier molecular flexibility index (Phi) is 2.97. The van der Waals surface area contributed by atoms with E-state index in [-0.39, 0.29) is 6.04 Å². The Balaban J connectivity index is 1.97. The Labute approximate surface area is 110 Å². The molecule has 3 rings (SSSR count). The third-order valence-corrected chi connectivity index (χ3v) is 2.83. The first-order valence-electron chi connectivity index (χ1n) is 6.16. The molecule has 0 aliphatic rings. The normalized spacial score (nSPS) is 12.7. The highest BCUT2D eigenvalue weighted by Gasteiger charge is 2.10. The molecule has 0 spiro atoms. The van der Waals surface area contributed by atoms with Gasteiger partial charge in [-0.25, -0.2) is 0 Å². The molecule has 19 heavy (non-hydrogen) atoms. The van der Waals surface area contributed by atoms with Gasteiger partial charge in [0.25, 0.3) is 0 Å². The molecule has 0 aliphatic carbocycles. The van der Waals surface area contributed by atoms with Gasteiger partial charge in [0.05, 0.1) is 5.52 Å². The van der Waals surface area contributed by atoms with Gasteiger partial charge in [0.15, 0.2) is 0 Å². The first kappa shape index (κ1) is 11.8. The molecule has 96 valence electrons. The van der Waals surface area contributed by atoms with E-state index in [0.29, 0.717) is 18.1 Å². The number of benzene rings is 1. The maximum absolute atomic E-state index is 5.71. The molecule has 5 nitrogen and oxygen atoms in total. The van der Waals surface area contributed by atoms with Crippen molar-refractivity contribution < 1.29 is 4.52 Å². The average Bonchev–Trinajstić information content (AvgIpc) is 2.86. The van der Waals surface area contributed by atoms with Crippen LogP contribution < -0.4 is 5.73 Å². The second kappa shape index (κ2) is 4.78. The summed E-state index contributed by atoms with van der Waals surface area (Å²) in [6.07, 6.45) is 2.36. The van der Waals surface area contributed by atoms with E-state index in [1.165, 1.54) is 0 Å². The third kappa shape index (κ3) is 2.46. The van der Waals surface area contributed by atoms with Crippen LogP contribution in [0.4, 0.5) is 0 Å². The summed E-state index contributed by atoms with van der Waals surface area (Å²) in [6, 6.07) is 9.82. The average molecular weight is 254 g/mol. The molecule has 0 saturated carbocycles. The predicted molar refractivity (Wildman–Crippen MR) is 72.4 cm³/mol. The lowest BCUT2D eigenvalue weighted by molar-refractivity contribution is 0.372. The lowest BCUT2D eigenvalue weighted by atomic mass is 10.1. The minimum atomic E-state index is 0.00843. The van der Waals surface area contributed by atoms with Gasteiger partial charge in [-0.15, -0.1) is 0 Å². The zero-order chi connectivity index (χ0) is 13.2. The lowest BCUT2D eigenvalue weighted by Gasteiger charge is -1.99. The highest BCUT2D eigenvalue weighted by molar-refractivity contribution is 5.82. The van der Waals surface area contributed by atoms with E-state index >= 15 is 0 Å². The summed E-state index contributed by atoms with van der Waals surface area (Å²) in [6.45, 7) is 1.91. The van der Waals surface area contributed by atoms with Crippen LogP contribution in [0.2, 0.25) is 0 Å². The predicted octanol–water partition coefficient (Wildman–Crippen LogP) is 2.17. The summed E-state index contributed by atoms with van der Waals surface area (Å²) >= 11 is 0. The Morgan fingerprint density at radius 3 is 3.05 bits per heavy atom. The quantitative estimate of drug-likeness (QED) is 0.775. The van der Waals surface area contributed by atoms with Crippen molar-refractivity contribution in [3.63, 3.8) is 0 Å². The SMILES string of the molecule is CC(N)Cc1nc(-c2ccc3ncccc3c2)no1. The minimum absolute atomic E-state index is 0.00843. The molecule has 1 aromatic carbocycles. The first-order chi connectivity index (χ1) is 9.22. The topological polar surface area (TPSA) is 77.8 Å². The van der Waals surface area contributed by atoms with Crippen molar-refractivity contribution in [2.75, 3.05) is 0 Å². The van der Waals surface area contributed by atoms with Gasteiger partial charge in [-0.2, -0.15) is 4.98 Å². The Hall–Kier alpha value is -2.27. The van der Waals surface area contributed by atoms with Crippen LogP contribution in [0.5, 0.6) is 0 Å². The van der Waals surface area contributed by atoms with Gasteiger partial charge in [0.2, 0.25) is 11.7 Å². The first-order valence-corrected chi connectivity index (χ1v) is 6.16. The molecule has 5 heteroatoms. The molecule has 0 bridgehead atoms. The molecule has 2 heterocycles. The zero-order valence-electron chi connectivity index (χ0n) is 10.6. The monoisotopic (exact) mass is 254 g/mol. The fourth-order valence-corrected chi connectivity index (χ4v) is 1.95. The van der Waals surface area contributed by atoms with E-state index in [1.807, 2.05) is 37.3 Å². The number of hydrogen-bond acceptors (Lipinski definition) is 5. The molecular weight excluding hydrogens is 240 g/mol. The summed E-state index contributed by atoms with van der Waals surface area (Å²) in [4.78, 5) is 8.63. The number of nitrogens with zero attached hydrogens (tertiary/aromatic N) is 3. The molecular formula is C14H14N4O. The van der Waals surface area contributed by atoms with Gasteiger partial charge in [0.1, 0.15) is 0 Å². The van der Waals surface area contributed by atoms with Gasteiger partial charge in [-0.05, 0) is 31.2 Å². The van der Waals surface area contributed by atoms with E-state index in [0.717, 1.165) is 16.5 Å². The van der Waals surface area contributed by atoms with Crippen LogP contribution in [0.15, 0.2) is 41.1 Å². The van der Waals surface area contributed by atoms with Crippen LogP contribution in [0.3, 0.4) is 0 Å². The lowest BCUT2D eigenvalue weighted by Crippen LogP contribution is -2.17. The molecule has 1 unspecified atom stereocenters. The fraction of sp³-hybridized carbons (Fsp3) is 0.214. The molecule has 0 saturated heterocycles. The molecule has 0 aliphatic heterocycles. The fourth-order valence-electron chi connectivity index (χ4n) is 1.95. The summed E-state index contributed by atoms with van der Waals surface area (Å²) in [5.41, 5.74) is 7.58. The van der Waals surface area contributed by atoms with E-state index in [2.05, 4.69) is 15.1 Å². The summed E-state index contributed by atoms with van der Waals surface area (Å²) in [5, 5.41) is 5.04. The van der Waals surface area contributed by atoms with Crippen molar-refractivity contribution in [1.82, 2.24) is 15.1 Å². The largest absolute Gasteiger partial charge is 0.339 e. The maximum Gasteiger partial charge on any atom is 0.228 e. The molecule has 1 atom stereocenters. The van der Waals surface area contributed by atoms with Crippen LogP contribution in [0.25, 0.3) is 22.3 Å². The number of aromatic nitrogens is 3. The van der Waals surface area contributed by atoms with Crippen molar-refractivity contribution >= 4 is 10.9 Å². The van der Waals surface area contributed by atoms with Crippen LogP contribution >= 0.6 is 0 Å². The van der Waals surface area contributed by atoms with Crippen molar-refractivity contribution in [3.05, 3.63) is 42.4 Å².